The van der Waals surface area contributed by atoms with E-state index in [-0.39, 0.29) is 5.92 Å². The highest BCUT2D eigenvalue weighted by atomic mass is 32.3. The van der Waals surface area contributed by atoms with Gasteiger partial charge in [-0.2, -0.15) is 8.42 Å². The maximum atomic E-state index is 12.6. The second kappa shape index (κ2) is 3.43. The van der Waals surface area contributed by atoms with Crippen LogP contribution in [0.1, 0.15) is 19.3 Å². The summed E-state index contributed by atoms with van der Waals surface area (Å²) in [4.78, 5) is 0. The predicted octanol–water partition coefficient (Wildman–Crippen LogP) is 0.829. The van der Waals surface area contributed by atoms with E-state index >= 15 is 0 Å². The zero-order chi connectivity index (χ0) is 10.2. The lowest BCUT2D eigenvalue weighted by Gasteiger charge is -2.39. The smallest absolute Gasteiger partial charge is 0.307 e. The molecule has 1 saturated carbocycles. The van der Waals surface area contributed by atoms with Crippen molar-refractivity contribution >= 4 is 10.2 Å². The minimum absolute atomic E-state index is 0.0375. The fraction of sp³-hybridized carbons (Fsp3) is 1.00. The lowest BCUT2D eigenvalue weighted by molar-refractivity contribution is -0.195. The molecule has 2 aliphatic rings. The van der Waals surface area contributed by atoms with Crippen molar-refractivity contribution in [2.24, 2.45) is 5.92 Å². The molecule has 6 heteroatoms. The molecule has 0 N–H and O–H groups in total. The Labute approximate surface area is 82.6 Å². The third-order valence-corrected chi connectivity index (χ3v) is 3.62. The van der Waals surface area contributed by atoms with Gasteiger partial charge in [-0.25, -0.2) is 0 Å². The molecule has 0 unspecified atom stereocenters. The van der Waals surface area contributed by atoms with E-state index in [0.29, 0.717) is 13.2 Å². The number of halogens is 1. The highest BCUT2D eigenvalue weighted by Gasteiger charge is 2.49. The molecule has 1 aliphatic carbocycles. The van der Waals surface area contributed by atoms with Crippen molar-refractivity contribution in [2.45, 2.75) is 25.0 Å². The van der Waals surface area contributed by atoms with Gasteiger partial charge in [0.05, 0.1) is 13.2 Å². The monoisotopic (exact) mass is 224 g/mol. The molecule has 0 aromatic carbocycles. The Balaban J connectivity index is 2.13. The highest BCUT2D eigenvalue weighted by Crippen LogP contribution is 2.42. The van der Waals surface area contributed by atoms with Crippen LogP contribution in [-0.4, -0.2) is 33.2 Å². The molecule has 1 aliphatic heterocycles. The van der Waals surface area contributed by atoms with E-state index in [1.165, 1.54) is 0 Å². The van der Waals surface area contributed by atoms with Gasteiger partial charge in [0, 0.05) is 5.92 Å². The molecular weight excluding hydrogens is 211 g/mol. The lowest BCUT2D eigenvalue weighted by Crippen LogP contribution is -2.47. The summed E-state index contributed by atoms with van der Waals surface area (Å²) < 4.78 is 44.4. The van der Waals surface area contributed by atoms with Gasteiger partial charge in [-0.15, -0.1) is 3.89 Å². The van der Waals surface area contributed by atoms with Crippen molar-refractivity contribution in [1.29, 1.82) is 0 Å². The molecular formula is C8H13FO4S. The van der Waals surface area contributed by atoms with Crippen LogP contribution >= 0.6 is 0 Å². The SMILES string of the molecule is O=S(=O)(F)CC1(C2CCC2)OCCO1. The van der Waals surface area contributed by atoms with Crippen LogP contribution in [0.4, 0.5) is 3.89 Å². The highest BCUT2D eigenvalue weighted by molar-refractivity contribution is 7.86. The predicted molar refractivity (Wildman–Crippen MR) is 46.9 cm³/mol. The van der Waals surface area contributed by atoms with Crippen molar-refractivity contribution < 1.29 is 21.8 Å². The van der Waals surface area contributed by atoms with Crippen LogP contribution in [0.2, 0.25) is 0 Å². The fourth-order valence-corrected chi connectivity index (χ4v) is 2.88. The Kier molecular flexibility index (Phi) is 2.53. The normalized spacial score (nSPS) is 27.5. The van der Waals surface area contributed by atoms with E-state index in [9.17, 15) is 12.3 Å². The quantitative estimate of drug-likeness (QED) is 0.666. The third kappa shape index (κ3) is 1.92. The molecule has 0 aromatic rings. The van der Waals surface area contributed by atoms with Crippen molar-refractivity contribution in [1.82, 2.24) is 0 Å². The largest absolute Gasteiger partial charge is 0.346 e. The van der Waals surface area contributed by atoms with Crippen LogP contribution in [-0.2, 0) is 19.7 Å². The first-order valence-corrected chi connectivity index (χ1v) is 6.27. The molecule has 1 heterocycles. The van der Waals surface area contributed by atoms with Crippen molar-refractivity contribution in [3.63, 3.8) is 0 Å². The van der Waals surface area contributed by atoms with Gasteiger partial charge in [0.1, 0.15) is 5.75 Å². The summed E-state index contributed by atoms with van der Waals surface area (Å²) in [5.74, 6) is -1.81. The van der Waals surface area contributed by atoms with E-state index in [1.54, 1.807) is 0 Å². The van der Waals surface area contributed by atoms with Crippen molar-refractivity contribution in [3.8, 4) is 0 Å². The Hall–Kier alpha value is -0.200. The first kappa shape index (κ1) is 10.3. The molecule has 0 bridgehead atoms. The van der Waals surface area contributed by atoms with Crippen LogP contribution in [0, 0.1) is 5.92 Å². The lowest BCUT2D eigenvalue weighted by atomic mass is 9.79. The van der Waals surface area contributed by atoms with Crippen LogP contribution in [0.15, 0.2) is 0 Å². The first-order valence-electron chi connectivity index (χ1n) is 4.72. The Morgan fingerprint density at radius 2 is 1.86 bits per heavy atom. The molecule has 1 saturated heterocycles. The molecule has 0 amide bonds. The van der Waals surface area contributed by atoms with Gasteiger partial charge in [0.15, 0.2) is 5.79 Å². The van der Waals surface area contributed by atoms with Gasteiger partial charge in [-0.3, -0.25) is 0 Å². The molecule has 14 heavy (non-hydrogen) atoms. The van der Waals surface area contributed by atoms with Gasteiger partial charge in [0.2, 0.25) is 0 Å². The topological polar surface area (TPSA) is 52.6 Å². The molecule has 0 atom stereocenters. The van der Waals surface area contributed by atoms with E-state index < -0.39 is 21.8 Å². The van der Waals surface area contributed by atoms with Crippen LogP contribution in [0.5, 0.6) is 0 Å². The minimum atomic E-state index is -4.54. The van der Waals surface area contributed by atoms with Crippen molar-refractivity contribution in [2.75, 3.05) is 19.0 Å². The van der Waals surface area contributed by atoms with Crippen LogP contribution in [0.3, 0.4) is 0 Å². The Bertz CT molecular complexity index is 303. The maximum Gasteiger partial charge on any atom is 0.307 e. The van der Waals surface area contributed by atoms with Crippen molar-refractivity contribution in [3.05, 3.63) is 0 Å². The summed E-state index contributed by atoms with van der Waals surface area (Å²) >= 11 is 0. The molecule has 0 aromatic heterocycles. The summed E-state index contributed by atoms with van der Waals surface area (Å²) in [6.45, 7) is 0.706. The Morgan fingerprint density at radius 1 is 1.29 bits per heavy atom. The van der Waals surface area contributed by atoms with Gasteiger partial charge >= 0.3 is 10.2 Å². The molecule has 0 radical (unpaired) electrons. The number of ether oxygens (including phenoxy) is 2. The number of hydrogen-bond donors (Lipinski definition) is 0. The minimum Gasteiger partial charge on any atom is -0.346 e. The third-order valence-electron chi connectivity index (χ3n) is 2.88. The fourth-order valence-electron chi connectivity index (χ4n) is 2.00. The summed E-state index contributed by atoms with van der Waals surface area (Å²) in [5.41, 5.74) is 0. The Morgan fingerprint density at radius 3 is 2.21 bits per heavy atom. The second-order valence-corrected chi connectivity index (χ2v) is 5.19. The zero-order valence-electron chi connectivity index (χ0n) is 7.74. The van der Waals surface area contributed by atoms with Gasteiger partial charge in [-0.1, -0.05) is 6.42 Å². The standard InChI is InChI=1S/C8H13FO4S/c9-14(10,11)6-8(7-2-1-3-7)12-4-5-13-8/h7H,1-6H2. The van der Waals surface area contributed by atoms with E-state index in [1.807, 2.05) is 0 Å². The van der Waals surface area contributed by atoms with Gasteiger partial charge in [0.25, 0.3) is 0 Å². The molecule has 2 fully saturated rings. The molecule has 2 rings (SSSR count). The number of rotatable bonds is 3. The maximum absolute atomic E-state index is 12.6. The van der Waals surface area contributed by atoms with E-state index in [4.69, 9.17) is 9.47 Å². The summed E-state index contributed by atoms with van der Waals surface area (Å²) in [5, 5.41) is 0. The zero-order valence-corrected chi connectivity index (χ0v) is 8.56. The van der Waals surface area contributed by atoms with Gasteiger partial charge < -0.3 is 9.47 Å². The number of hydrogen-bond acceptors (Lipinski definition) is 4. The summed E-state index contributed by atoms with van der Waals surface area (Å²) in [6.07, 6.45) is 2.75. The average molecular weight is 224 g/mol. The molecule has 0 spiro atoms. The second-order valence-electron chi connectivity index (χ2n) is 3.82. The van der Waals surface area contributed by atoms with E-state index in [2.05, 4.69) is 0 Å². The summed E-state index contributed by atoms with van der Waals surface area (Å²) in [6, 6.07) is 0. The van der Waals surface area contributed by atoms with Crippen LogP contribution in [0.25, 0.3) is 0 Å². The van der Waals surface area contributed by atoms with E-state index in [0.717, 1.165) is 19.3 Å². The van der Waals surface area contributed by atoms with Crippen LogP contribution < -0.4 is 0 Å². The van der Waals surface area contributed by atoms with Gasteiger partial charge in [-0.05, 0) is 12.8 Å². The first-order chi connectivity index (χ1) is 6.52. The molecule has 82 valence electrons. The molecule has 4 nitrogen and oxygen atoms in total. The summed E-state index contributed by atoms with van der Waals surface area (Å²) in [7, 11) is -4.54. The average Bonchev–Trinajstić information content (AvgIpc) is 2.28.